The van der Waals surface area contributed by atoms with Crippen LogP contribution in [0.5, 0.6) is 0 Å². The van der Waals surface area contributed by atoms with E-state index in [0.717, 1.165) is 27.3 Å². The smallest absolute Gasteiger partial charge is 0.328 e. The second-order valence-corrected chi connectivity index (χ2v) is 5.52. The first-order valence-electron chi connectivity index (χ1n) is 6.70. The molecule has 0 aliphatic carbocycles. The third-order valence-corrected chi connectivity index (χ3v) is 3.93. The van der Waals surface area contributed by atoms with Crippen LogP contribution in [0.25, 0.3) is 11.0 Å². The van der Waals surface area contributed by atoms with Crippen molar-refractivity contribution in [2.75, 3.05) is 5.32 Å². The summed E-state index contributed by atoms with van der Waals surface area (Å²) in [7, 11) is 3.58. The number of hydrogen-bond acceptors (Lipinski definition) is 2. The molecule has 3 aromatic rings. The highest BCUT2D eigenvalue weighted by atomic mass is 35.5. The van der Waals surface area contributed by atoms with Crippen molar-refractivity contribution in [3.05, 3.63) is 63.5 Å². The molecule has 0 saturated carbocycles. The van der Waals surface area contributed by atoms with Crippen molar-refractivity contribution in [3.8, 4) is 0 Å². The van der Waals surface area contributed by atoms with E-state index in [9.17, 15) is 4.79 Å². The van der Waals surface area contributed by atoms with Crippen molar-refractivity contribution in [2.45, 2.75) is 6.54 Å². The Morgan fingerprint density at radius 2 is 1.67 bits per heavy atom. The number of halogens is 1. The fourth-order valence-electron chi connectivity index (χ4n) is 2.43. The van der Waals surface area contributed by atoms with Crippen molar-refractivity contribution in [3.63, 3.8) is 0 Å². The Balaban J connectivity index is 1.86. The predicted octanol–water partition coefficient (Wildman–Crippen LogP) is 3.14. The molecule has 0 bridgehead atoms. The van der Waals surface area contributed by atoms with E-state index in [-0.39, 0.29) is 5.69 Å². The number of aromatic nitrogens is 2. The fourth-order valence-corrected chi connectivity index (χ4v) is 2.56. The van der Waals surface area contributed by atoms with Gasteiger partial charge in [0.05, 0.1) is 11.0 Å². The Kier molecular flexibility index (Phi) is 3.47. The number of hydrogen-bond donors (Lipinski definition) is 1. The zero-order valence-corrected chi connectivity index (χ0v) is 12.7. The second kappa shape index (κ2) is 5.30. The van der Waals surface area contributed by atoms with Crippen LogP contribution in [0.15, 0.2) is 47.3 Å². The minimum Gasteiger partial charge on any atom is -0.381 e. The topological polar surface area (TPSA) is 39.0 Å². The van der Waals surface area contributed by atoms with Crippen molar-refractivity contribution >= 4 is 28.3 Å². The molecule has 3 rings (SSSR count). The molecule has 2 aromatic carbocycles. The number of nitrogens with one attached hydrogen (secondary N) is 1. The Bertz CT molecular complexity index is 846. The van der Waals surface area contributed by atoms with Gasteiger partial charge in [0.25, 0.3) is 0 Å². The molecule has 0 radical (unpaired) electrons. The van der Waals surface area contributed by atoms with Crippen molar-refractivity contribution in [1.29, 1.82) is 0 Å². The largest absolute Gasteiger partial charge is 0.381 e. The summed E-state index contributed by atoms with van der Waals surface area (Å²) < 4.78 is 3.33. The van der Waals surface area contributed by atoms with E-state index in [1.165, 1.54) is 0 Å². The Morgan fingerprint density at radius 3 is 2.38 bits per heavy atom. The predicted molar refractivity (Wildman–Crippen MR) is 86.9 cm³/mol. The lowest BCUT2D eigenvalue weighted by Gasteiger charge is -2.07. The summed E-state index contributed by atoms with van der Waals surface area (Å²) >= 11 is 5.87. The van der Waals surface area contributed by atoms with Gasteiger partial charge in [0.15, 0.2) is 0 Å². The highest BCUT2D eigenvalue weighted by molar-refractivity contribution is 6.30. The number of nitrogens with zero attached hydrogens (tertiary/aromatic N) is 2. The molecular formula is C16H16ClN3O. The Hall–Kier alpha value is -2.20. The maximum atomic E-state index is 11.9. The normalized spacial score (nSPS) is 11.0. The quantitative estimate of drug-likeness (QED) is 0.807. The van der Waals surface area contributed by atoms with Gasteiger partial charge in [0.2, 0.25) is 0 Å². The van der Waals surface area contributed by atoms with Crippen LogP contribution < -0.4 is 11.0 Å². The van der Waals surface area contributed by atoms with E-state index in [0.29, 0.717) is 6.54 Å². The van der Waals surface area contributed by atoms with Gasteiger partial charge in [-0.15, -0.1) is 0 Å². The van der Waals surface area contributed by atoms with Crippen molar-refractivity contribution < 1.29 is 0 Å². The monoisotopic (exact) mass is 301 g/mol. The van der Waals surface area contributed by atoms with E-state index in [2.05, 4.69) is 5.32 Å². The summed E-state index contributed by atoms with van der Waals surface area (Å²) in [5.41, 5.74) is 4.02. The second-order valence-electron chi connectivity index (χ2n) is 5.08. The maximum Gasteiger partial charge on any atom is 0.328 e. The van der Waals surface area contributed by atoms with Crippen LogP contribution in [0.3, 0.4) is 0 Å². The van der Waals surface area contributed by atoms with Crippen LogP contribution in [0.4, 0.5) is 5.69 Å². The highest BCUT2D eigenvalue weighted by Crippen LogP contribution is 2.17. The molecule has 0 unspecified atom stereocenters. The minimum atomic E-state index is -0.00666. The fraction of sp³-hybridized carbons (Fsp3) is 0.188. The van der Waals surface area contributed by atoms with Gasteiger partial charge < -0.3 is 5.32 Å². The third kappa shape index (κ3) is 2.54. The number of rotatable bonds is 3. The molecular weight excluding hydrogens is 286 g/mol. The lowest BCUT2D eigenvalue weighted by atomic mass is 10.2. The molecule has 1 aromatic heterocycles. The lowest BCUT2D eigenvalue weighted by Crippen LogP contribution is -2.19. The van der Waals surface area contributed by atoms with Gasteiger partial charge in [-0.1, -0.05) is 17.7 Å². The van der Waals surface area contributed by atoms with Crippen molar-refractivity contribution in [1.82, 2.24) is 9.13 Å². The molecule has 1 heterocycles. The van der Waals surface area contributed by atoms with E-state index in [1.807, 2.05) is 42.5 Å². The van der Waals surface area contributed by atoms with Gasteiger partial charge in [-0.05, 0) is 42.0 Å². The summed E-state index contributed by atoms with van der Waals surface area (Å²) in [6.45, 7) is 0.695. The average Bonchev–Trinajstić information content (AvgIpc) is 2.71. The van der Waals surface area contributed by atoms with Gasteiger partial charge in [-0.25, -0.2) is 4.79 Å². The first kappa shape index (κ1) is 13.8. The van der Waals surface area contributed by atoms with Crippen LogP contribution in [0.2, 0.25) is 5.02 Å². The summed E-state index contributed by atoms with van der Waals surface area (Å²) in [5.74, 6) is 0. The minimum absolute atomic E-state index is 0.00666. The molecule has 4 nitrogen and oxygen atoms in total. The Morgan fingerprint density at radius 1 is 1.00 bits per heavy atom. The first-order chi connectivity index (χ1) is 10.1. The molecule has 0 aliphatic heterocycles. The maximum absolute atomic E-state index is 11.9. The lowest BCUT2D eigenvalue weighted by molar-refractivity contribution is 0.795. The number of anilines is 1. The SMILES string of the molecule is Cn1c(=O)n(C)c2cc(CNc3ccc(Cl)cc3)ccc21. The van der Waals surface area contributed by atoms with E-state index in [1.54, 1.807) is 23.2 Å². The standard InChI is InChI=1S/C16H16ClN3O/c1-19-14-8-3-11(9-15(14)20(2)16(19)21)10-18-13-6-4-12(17)5-7-13/h3-9,18H,10H2,1-2H3. The van der Waals surface area contributed by atoms with E-state index < -0.39 is 0 Å². The molecule has 108 valence electrons. The molecule has 0 atom stereocenters. The molecule has 0 amide bonds. The molecule has 5 heteroatoms. The number of fused-ring (bicyclic) bond motifs is 1. The zero-order valence-electron chi connectivity index (χ0n) is 11.9. The number of benzene rings is 2. The number of imidazole rings is 1. The molecule has 1 N–H and O–H groups in total. The summed E-state index contributed by atoms with van der Waals surface area (Å²) in [6.07, 6.45) is 0. The van der Waals surface area contributed by atoms with Gasteiger partial charge in [-0.2, -0.15) is 0 Å². The van der Waals surface area contributed by atoms with Crippen LogP contribution in [-0.4, -0.2) is 9.13 Å². The van der Waals surface area contributed by atoms with Gasteiger partial charge in [0, 0.05) is 31.4 Å². The summed E-state index contributed by atoms with van der Waals surface area (Å²) in [4.78, 5) is 11.9. The summed E-state index contributed by atoms with van der Waals surface area (Å²) in [6, 6.07) is 13.7. The van der Waals surface area contributed by atoms with E-state index >= 15 is 0 Å². The highest BCUT2D eigenvalue weighted by Gasteiger charge is 2.07. The molecule has 0 spiro atoms. The van der Waals surface area contributed by atoms with E-state index in [4.69, 9.17) is 11.6 Å². The van der Waals surface area contributed by atoms with Crippen LogP contribution in [0, 0.1) is 0 Å². The molecule has 0 saturated heterocycles. The summed E-state index contributed by atoms with van der Waals surface area (Å²) in [5, 5.41) is 4.06. The Labute approximate surface area is 127 Å². The van der Waals surface area contributed by atoms with Gasteiger partial charge >= 0.3 is 5.69 Å². The average molecular weight is 302 g/mol. The molecule has 21 heavy (non-hydrogen) atoms. The van der Waals surface area contributed by atoms with Gasteiger partial charge in [-0.3, -0.25) is 9.13 Å². The van der Waals surface area contributed by atoms with Crippen LogP contribution >= 0.6 is 11.6 Å². The van der Waals surface area contributed by atoms with Crippen molar-refractivity contribution in [2.24, 2.45) is 14.1 Å². The van der Waals surface area contributed by atoms with Crippen LogP contribution in [0.1, 0.15) is 5.56 Å². The van der Waals surface area contributed by atoms with Crippen LogP contribution in [-0.2, 0) is 20.6 Å². The third-order valence-electron chi connectivity index (χ3n) is 3.68. The zero-order chi connectivity index (χ0) is 15.0. The first-order valence-corrected chi connectivity index (χ1v) is 7.08. The van der Waals surface area contributed by atoms with Gasteiger partial charge in [0.1, 0.15) is 0 Å². The number of aryl methyl sites for hydroxylation is 2. The molecule has 0 aliphatic rings. The molecule has 0 fully saturated rings.